The molecule has 0 N–H and O–H groups in total. The van der Waals surface area contributed by atoms with Crippen LogP contribution < -0.4 is 0 Å². The van der Waals surface area contributed by atoms with Crippen molar-refractivity contribution in [1.82, 2.24) is 0 Å². The molecule has 2 aromatic carbocycles. The number of rotatable bonds is 3. The van der Waals surface area contributed by atoms with E-state index in [9.17, 15) is 0 Å². The smallest absolute Gasteiger partial charge is 0.147 e. The minimum Gasteiger partial charge on any atom is -0.147 e. The zero-order valence-electron chi connectivity index (χ0n) is 17.7. The van der Waals surface area contributed by atoms with Gasteiger partial charge in [-0.1, -0.05) is 0 Å². The Morgan fingerprint density at radius 2 is 1.47 bits per heavy atom. The third kappa shape index (κ3) is 3.52. The molecule has 4 fully saturated rings. The predicted molar refractivity (Wildman–Crippen MR) is 127 cm³/mol. The summed E-state index contributed by atoms with van der Waals surface area (Å²) in [6.45, 7) is 2.30. The molecular weight excluding hydrogens is 486 g/mol. The third-order valence-corrected chi connectivity index (χ3v) is 10.1. The largest absolute Gasteiger partial charge is 0.147 e. The van der Waals surface area contributed by atoms with E-state index in [1.807, 2.05) is 0 Å². The van der Waals surface area contributed by atoms with Gasteiger partial charge in [0.25, 0.3) is 0 Å². The van der Waals surface area contributed by atoms with E-state index in [0.717, 1.165) is 17.8 Å². The first-order valence-electron chi connectivity index (χ1n) is 11.3. The molecule has 4 bridgehead atoms. The van der Waals surface area contributed by atoms with Crippen LogP contribution in [0.25, 0.3) is 17.2 Å². The van der Waals surface area contributed by atoms with Gasteiger partial charge in [-0.05, 0) is 0 Å². The summed E-state index contributed by atoms with van der Waals surface area (Å²) in [5, 5.41) is 0. The van der Waals surface area contributed by atoms with Crippen LogP contribution in [0.5, 0.6) is 0 Å². The molecule has 7 rings (SSSR count). The molecule has 0 spiro atoms. The number of halogens is 2. The standard InChI is InChI=1S/C27H29.2ClH.Zr/c1-2-18-13-23-4-3-5-25(26(23)14-18)22-6-8-24(9-7-22)27-15-19-10-20(16-27)12-21(11-19)17-27;;;/h3-9,13-14,19-21H,2,10-12,15-17H2,1H3;2*1H;. The van der Waals surface area contributed by atoms with Crippen molar-refractivity contribution >= 4 is 30.9 Å². The fourth-order valence-electron chi connectivity index (χ4n) is 7.49. The summed E-state index contributed by atoms with van der Waals surface area (Å²) in [5.74, 6) is 3.06. The van der Waals surface area contributed by atoms with Crippen LogP contribution in [0.15, 0.2) is 48.0 Å². The van der Waals surface area contributed by atoms with Crippen molar-refractivity contribution < 1.29 is 24.7 Å². The molecule has 1 unspecified atom stereocenters. The van der Waals surface area contributed by atoms with Crippen LogP contribution in [0.1, 0.15) is 72.2 Å². The molecule has 5 aliphatic rings. The number of hydrogen-bond donors (Lipinski definition) is 0. The topological polar surface area (TPSA) is 0 Å². The zero-order valence-corrected chi connectivity index (χ0v) is 21.8. The minimum absolute atomic E-state index is 0. The Morgan fingerprint density at radius 1 is 0.867 bits per heavy atom. The van der Waals surface area contributed by atoms with E-state index in [1.165, 1.54) is 61.6 Å². The molecule has 1 atom stereocenters. The summed E-state index contributed by atoms with van der Waals surface area (Å²) >= 11 is 1.62. The summed E-state index contributed by atoms with van der Waals surface area (Å²) in [6.07, 6.45) is 12.6. The van der Waals surface area contributed by atoms with E-state index in [0.29, 0.717) is 9.04 Å². The Labute approximate surface area is 209 Å². The molecule has 0 amide bonds. The number of hydrogen-bond acceptors (Lipinski definition) is 0. The van der Waals surface area contributed by atoms with Gasteiger partial charge in [0.1, 0.15) is 0 Å². The Morgan fingerprint density at radius 3 is 2.03 bits per heavy atom. The zero-order chi connectivity index (χ0) is 18.9. The molecule has 3 heteroatoms. The van der Waals surface area contributed by atoms with Gasteiger partial charge in [-0.25, -0.2) is 0 Å². The molecule has 2 aromatic rings. The molecule has 157 valence electrons. The van der Waals surface area contributed by atoms with Crippen LogP contribution in [0.3, 0.4) is 0 Å². The summed E-state index contributed by atoms with van der Waals surface area (Å²) in [6, 6.07) is 16.8. The van der Waals surface area contributed by atoms with Crippen molar-refractivity contribution in [2.75, 3.05) is 0 Å². The molecule has 30 heavy (non-hydrogen) atoms. The summed E-state index contributed by atoms with van der Waals surface area (Å²) in [5.41, 5.74) is 9.66. The molecule has 0 radical (unpaired) electrons. The Kier molecular flexibility index (Phi) is 6.49. The molecule has 0 nitrogen and oxygen atoms in total. The second kappa shape index (κ2) is 8.53. The van der Waals surface area contributed by atoms with Crippen molar-refractivity contribution in [3.63, 3.8) is 0 Å². The van der Waals surface area contributed by atoms with Gasteiger partial charge in [-0.2, -0.15) is 0 Å². The third-order valence-electron chi connectivity index (χ3n) is 8.41. The molecule has 0 heterocycles. The van der Waals surface area contributed by atoms with Gasteiger partial charge in [0.15, 0.2) is 0 Å². The van der Waals surface area contributed by atoms with Crippen molar-refractivity contribution in [1.29, 1.82) is 0 Å². The second-order valence-electron chi connectivity index (χ2n) is 10.1. The van der Waals surface area contributed by atoms with E-state index >= 15 is 0 Å². The number of fused-ring (bicyclic) bond motifs is 1. The van der Waals surface area contributed by atoms with Gasteiger partial charge in [0, 0.05) is 0 Å². The van der Waals surface area contributed by atoms with E-state index < -0.39 is 0 Å². The molecular formula is C27H31Cl2Zr. The molecule has 0 aromatic heterocycles. The van der Waals surface area contributed by atoms with Crippen LogP contribution in [-0.4, -0.2) is 0 Å². The number of allylic oxidation sites excluding steroid dienone is 1. The van der Waals surface area contributed by atoms with Crippen LogP contribution in [0.4, 0.5) is 0 Å². The van der Waals surface area contributed by atoms with Crippen molar-refractivity contribution in [3.05, 3.63) is 64.7 Å². The maximum Gasteiger partial charge on any atom is -0.147 e. The van der Waals surface area contributed by atoms with Crippen LogP contribution in [-0.2, 0) is 30.1 Å². The number of benzene rings is 2. The first-order chi connectivity index (χ1) is 13.6. The first kappa shape index (κ1) is 22.8. The maximum absolute atomic E-state index is 2.50. The molecule has 0 aliphatic heterocycles. The quantitative estimate of drug-likeness (QED) is 0.386. The average molecular weight is 518 g/mol. The summed E-state index contributed by atoms with van der Waals surface area (Å²) in [4.78, 5) is 0. The van der Waals surface area contributed by atoms with Gasteiger partial charge < -0.3 is 0 Å². The molecule has 5 aliphatic carbocycles. The molecule has 0 saturated heterocycles. The average Bonchev–Trinajstić information content (AvgIpc) is 3.03. The van der Waals surface area contributed by atoms with Gasteiger partial charge in [-0.3, -0.25) is 0 Å². The Bertz CT molecular complexity index is 924. The second-order valence-corrected chi connectivity index (χ2v) is 11.5. The maximum atomic E-state index is 2.50. The van der Waals surface area contributed by atoms with E-state index in [1.54, 1.807) is 41.4 Å². The van der Waals surface area contributed by atoms with Crippen molar-refractivity contribution in [2.24, 2.45) is 17.8 Å². The van der Waals surface area contributed by atoms with Crippen molar-refractivity contribution in [3.8, 4) is 11.1 Å². The van der Waals surface area contributed by atoms with E-state index in [2.05, 4.69) is 55.5 Å². The monoisotopic (exact) mass is 515 g/mol. The van der Waals surface area contributed by atoms with E-state index in [4.69, 9.17) is 0 Å². The summed E-state index contributed by atoms with van der Waals surface area (Å²) in [7, 11) is 0. The summed E-state index contributed by atoms with van der Waals surface area (Å²) < 4.78 is 0.665. The SMILES string of the molecule is CCC1=Cc2c(-c3ccc(C45CC6CC(CC(C6)C4)C5)cc3)cccc2[CH]1[Zr].Cl.Cl. The van der Waals surface area contributed by atoms with Crippen molar-refractivity contribution in [2.45, 2.75) is 60.9 Å². The Hall–Kier alpha value is -0.357. The van der Waals surface area contributed by atoms with E-state index in [-0.39, 0.29) is 24.8 Å². The van der Waals surface area contributed by atoms with Crippen LogP contribution in [0.2, 0.25) is 0 Å². The fourth-order valence-corrected chi connectivity index (χ4v) is 8.82. The van der Waals surface area contributed by atoms with Gasteiger partial charge in [-0.15, -0.1) is 24.8 Å². The first-order valence-corrected chi connectivity index (χ1v) is 12.7. The minimum atomic E-state index is 0. The van der Waals surface area contributed by atoms with Gasteiger partial charge in [0.2, 0.25) is 0 Å². The Balaban J connectivity index is 0.00000109. The van der Waals surface area contributed by atoms with Gasteiger partial charge in [0.05, 0.1) is 0 Å². The van der Waals surface area contributed by atoms with Crippen LogP contribution >= 0.6 is 24.8 Å². The fraction of sp³-hybridized carbons (Fsp3) is 0.481. The van der Waals surface area contributed by atoms with Crippen LogP contribution in [0, 0.1) is 17.8 Å². The normalized spacial score (nSPS) is 32.7. The molecule has 4 saturated carbocycles. The predicted octanol–water partition coefficient (Wildman–Crippen LogP) is 8.06. The van der Waals surface area contributed by atoms with Gasteiger partial charge >= 0.3 is 185 Å².